The first-order chi connectivity index (χ1) is 9.19. The van der Waals surface area contributed by atoms with Crippen LogP contribution in [0.5, 0.6) is 5.75 Å². The first-order valence-corrected chi connectivity index (χ1v) is 7.87. The van der Waals surface area contributed by atoms with E-state index in [-0.39, 0.29) is 0 Å². The normalized spacial score (nSPS) is 17.6. The molecule has 0 bridgehead atoms. The third-order valence-corrected chi connectivity index (χ3v) is 4.00. The highest BCUT2D eigenvalue weighted by Crippen LogP contribution is 2.25. The third kappa shape index (κ3) is 4.48. The van der Waals surface area contributed by atoms with Gasteiger partial charge in [-0.05, 0) is 50.6 Å². The molecule has 1 aromatic rings. The molecule has 1 heterocycles. The van der Waals surface area contributed by atoms with E-state index in [4.69, 9.17) is 10.5 Å². The molecule has 3 nitrogen and oxygen atoms in total. The molecule has 1 aliphatic heterocycles. The van der Waals surface area contributed by atoms with Crippen LogP contribution in [0.3, 0.4) is 0 Å². The summed E-state index contributed by atoms with van der Waals surface area (Å²) in [7, 11) is 0. The molecule has 0 aliphatic carbocycles. The van der Waals surface area contributed by atoms with Crippen LogP contribution in [0.2, 0.25) is 0 Å². The molecule has 0 atom stereocenters. The molecule has 19 heavy (non-hydrogen) atoms. The van der Waals surface area contributed by atoms with Crippen molar-refractivity contribution >= 4 is 15.9 Å². The van der Waals surface area contributed by atoms with Gasteiger partial charge in [0.05, 0.1) is 6.61 Å². The number of likely N-dealkylation sites (tertiary alicyclic amines) is 1. The molecule has 106 valence electrons. The molecular formula is C15H23BrN2O. The van der Waals surface area contributed by atoms with Crippen LogP contribution in [0.4, 0.5) is 0 Å². The van der Waals surface area contributed by atoms with E-state index in [1.54, 1.807) is 0 Å². The minimum absolute atomic E-state index is 0.384. The van der Waals surface area contributed by atoms with Gasteiger partial charge in [0.25, 0.3) is 0 Å². The lowest BCUT2D eigenvalue weighted by atomic mass is 10.1. The Hall–Kier alpha value is -0.580. The Bertz CT molecular complexity index is 403. The van der Waals surface area contributed by atoms with Gasteiger partial charge >= 0.3 is 0 Å². The van der Waals surface area contributed by atoms with Gasteiger partial charge in [0, 0.05) is 22.6 Å². The molecule has 2 rings (SSSR count). The average molecular weight is 327 g/mol. The Morgan fingerprint density at radius 2 is 2.11 bits per heavy atom. The summed E-state index contributed by atoms with van der Waals surface area (Å²) in [5.74, 6) is 1.01. The van der Waals surface area contributed by atoms with Crippen molar-refractivity contribution in [2.45, 2.75) is 38.8 Å². The second kappa shape index (κ2) is 7.27. The van der Waals surface area contributed by atoms with Gasteiger partial charge in [-0.15, -0.1) is 0 Å². The Morgan fingerprint density at radius 3 is 2.79 bits per heavy atom. The van der Waals surface area contributed by atoms with Gasteiger partial charge < -0.3 is 10.5 Å². The zero-order valence-corrected chi connectivity index (χ0v) is 13.2. The number of ether oxygens (including phenoxy) is 1. The molecule has 1 aromatic carbocycles. The number of halogens is 1. The summed E-state index contributed by atoms with van der Waals surface area (Å²) < 4.78 is 6.94. The fourth-order valence-electron chi connectivity index (χ4n) is 2.38. The van der Waals surface area contributed by atoms with Crippen LogP contribution in [-0.4, -0.2) is 30.6 Å². The highest BCUT2D eigenvalue weighted by Gasteiger charge is 2.17. The number of nitrogens with zero attached hydrogens (tertiary/aromatic N) is 1. The fraction of sp³-hybridized carbons (Fsp3) is 0.600. The van der Waals surface area contributed by atoms with E-state index in [0.29, 0.717) is 6.04 Å². The van der Waals surface area contributed by atoms with Gasteiger partial charge in [-0.1, -0.05) is 22.9 Å². The summed E-state index contributed by atoms with van der Waals surface area (Å²) in [6.07, 6.45) is 3.23. The smallest absolute Gasteiger partial charge is 0.123 e. The second-order valence-corrected chi connectivity index (χ2v) is 6.13. The molecular weight excluding hydrogens is 304 g/mol. The van der Waals surface area contributed by atoms with Crippen molar-refractivity contribution in [3.8, 4) is 5.75 Å². The molecule has 1 saturated heterocycles. The van der Waals surface area contributed by atoms with Crippen molar-refractivity contribution in [1.82, 2.24) is 4.90 Å². The number of nitrogens with two attached hydrogens (primary N) is 1. The molecule has 1 fully saturated rings. The molecule has 0 radical (unpaired) electrons. The molecule has 0 spiro atoms. The molecule has 0 saturated carbocycles. The van der Waals surface area contributed by atoms with Crippen molar-refractivity contribution in [2.75, 3.05) is 19.7 Å². The van der Waals surface area contributed by atoms with Crippen LogP contribution in [0.25, 0.3) is 0 Å². The average Bonchev–Trinajstić information content (AvgIpc) is 2.40. The Labute approximate surface area is 124 Å². The Kier molecular flexibility index (Phi) is 5.67. The van der Waals surface area contributed by atoms with Gasteiger partial charge in [-0.2, -0.15) is 0 Å². The van der Waals surface area contributed by atoms with E-state index in [1.165, 1.54) is 5.56 Å². The van der Waals surface area contributed by atoms with Gasteiger partial charge in [0.15, 0.2) is 0 Å². The number of rotatable bonds is 5. The first kappa shape index (κ1) is 14.8. The van der Waals surface area contributed by atoms with E-state index in [0.717, 1.165) is 55.7 Å². The predicted molar refractivity (Wildman–Crippen MR) is 82.4 cm³/mol. The summed E-state index contributed by atoms with van der Waals surface area (Å²) >= 11 is 3.54. The van der Waals surface area contributed by atoms with Crippen molar-refractivity contribution in [3.05, 3.63) is 28.2 Å². The molecule has 0 unspecified atom stereocenters. The van der Waals surface area contributed by atoms with Gasteiger partial charge in [0.2, 0.25) is 0 Å². The maximum absolute atomic E-state index is 5.95. The molecule has 2 N–H and O–H groups in total. The maximum atomic E-state index is 5.95. The Balaban J connectivity index is 2.02. The summed E-state index contributed by atoms with van der Waals surface area (Å²) in [4.78, 5) is 2.46. The van der Waals surface area contributed by atoms with Crippen LogP contribution < -0.4 is 10.5 Å². The van der Waals surface area contributed by atoms with E-state index in [2.05, 4.69) is 39.9 Å². The van der Waals surface area contributed by atoms with Crippen molar-refractivity contribution < 1.29 is 4.74 Å². The van der Waals surface area contributed by atoms with Crippen LogP contribution in [0.1, 0.15) is 31.7 Å². The first-order valence-electron chi connectivity index (χ1n) is 7.08. The summed E-state index contributed by atoms with van der Waals surface area (Å²) in [5.41, 5.74) is 7.21. The summed E-state index contributed by atoms with van der Waals surface area (Å²) in [5, 5.41) is 0. The third-order valence-electron chi connectivity index (χ3n) is 3.51. The second-order valence-electron chi connectivity index (χ2n) is 5.21. The molecule has 0 amide bonds. The lowest BCUT2D eigenvalue weighted by molar-refractivity contribution is 0.202. The van der Waals surface area contributed by atoms with E-state index in [9.17, 15) is 0 Å². The maximum Gasteiger partial charge on any atom is 0.123 e. The van der Waals surface area contributed by atoms with Crippen molar-refractivity contribution in [2.24, 2.45) is 5.73 Å². The minimum Gasteiger partial charge on any atom is -0.493 e. The number of benzene rings is 1. The van der Waals surface area contributed by atoms with Crippen LogP contribution >= 0.6 is 15.9 Å². The van der Waals surface area contributed by atoms with E-state index >= 15 is 0 Å². The van der Waals surface area contributed by atoms with Crippen LogP contribution in [0.15, 0.2) is 22.7 Å². The summed E-state index contributed by atoms with van der Waals surface area (Å²) in [6, 6.07) is 6.65. The fourth-order valence-corrected chi connectivity index (χ4v) is 2.78. The quantitative estimate of drug-likeness (QED) is 0.903. The van der Waals surface area contributed by atoms with Gasteiger partial charge in [-0.3, -0.25) is 4.90 Å². The lowest BCUT2D eigenvalue weighted by Gasteiger charge is -2.30. The van der Waals surface area contributed by atoms with Crippen molar-refractivity contribution in [3.63, 3.8) is 0 Å². The summed E-state index contributed by atoms with van der Waals surface area (Å²) in [6.45, 7) is 6.02. The molecule has 4 heteroatoms. The zero-order valence-electron chi connectivity index (χ0n) is 11.6. The number of hydrogen-bond donors (Lipinski definition) is 1. The van der Waals surface area contributed by atoms with E-state index in [1.807, 2.05) is 6.07 Å². The van der Waals surface area contributed by atoms with Crippen LogP contribution in [-0.2, 0) is 6.54 Å². The van der Waals surface area contributed by atoms with Gasteiger partial charge in [0.1, 0.15) is 5.75 Å². The topological polar surface area (TPSA) is 38.5 Å². The Morgan fingerprint density at radius 1 is 1.37 bits per heavy atom. The van der Waals surface area contributed by atoms with Crippen molar-refractivity contribution in [1.29, 1.82) is 0 Å². The SMILES string of the molecule is CCCOc1ccc(Br)cc1CN1CCC(N)CC1. The van der Waals surface area contributed by atoms with Crippen LogP contribution in [0, 0.1) is 0 Å². The highest BCUT2D eigenvalue weighted by atomic mass is 79.9. The number of piperidine rings is 1. The monoisotopic (exact) mass is 326 g/mol. The van der Waals surface area contributed by atoms with E-state index < -0.39 is 0 Å². The standard InChI is InChI=1S/C15H23BrN2O/c1-2-9-19-15-4-3-13(16)10-12(15)11-18-7-5-14(17)6-8-18/h3-4,10,14H,2,5-9,11,17H2,1H3. The predicted octanol–water partition coefficient (Wildman–Crippen LogP) is 3.16. The highest BCUT2D eigenvalue weighted by molar-refractivity contribution is 9.10. The molecule has 1 aliphatic rings. The zero-order chi connectivity index (χ0) is 13.7. The lowest BCUT2D eigenvalue weighted by Crippen LogP contribution is -2.39. The van der Waals surface area contributed by atoms with Gasteiger partial charge in [-0.25, -0.2) is 0 Å². The molecule has 0 aromatic heterocycles. The minimum atomic E-state index is 0.384. The number of hydrogen-bond acceptors (Lipinski definition) is 3. The largest absolute Gasteiger partial charge is 0.493 e.